The van der Waals surface area contributed by atoms with E-state index in [1.165, 1.54) is 0 Å². The normalized spacial score (nSPS) is 26.8. The van der Waals surface area contributed by atoms with Crippen molar-refractivity contribution in [3.05, 3.63) is 30.1 Å². The number of rotatable bonds is 2. The van der Waals surface area contributed by atoms with E-state index in [1.807, 2.05) is 18.2 Å². The van der Waals surface area contributed by atoms with Crippen LogP contribution in [0.3, 0.4) is 0 Å². The molecule has 0 bridgehead atoms. The van der Waals surface area contributed by atoms with Gasteiger partial charge in [0.25, 0.3) is 5.91 Å². The van der Waals surface area contributed by atoms with Crippen LogP contribution in [0.4, 0.5) is 0 Å². The number of ether oxygens (including phenoxy) is 1. The first-order valence-electron chi connectivity index (χ1n) is 7.69. The van der Waals surface area contributed by atoms with Crippen molar-refractivity contribution in [2.75, 3.05) is 13.2 Å². The number of carbonyl (C=O) groups is 1. The van der Waals surface area contributed by atoms with Gasteiger partial charge in [-0.05, 0) is 37.5 Å². The maximum Gasteiger partial charge on any atom is 0.268 e. The van der Waals surface area contributed by atoms with Crippen LogP contribution in [0.2, 0.25) is 0 Å². The van der Waals surface area contributed by atoms with Gasteiger partial charge >= 0.3 is 0 Å². The number of aliphatic hydroxyl groups is 1. The fourth-order valence-electron chi connectivity index (χ4n) is 3.72. The van der Waals surface area contributed by atoms with Gasteiger partial charge in [0.2, 0.25) is 0 Å². The van der Waals surface area contributed by atoms with E-state index in [0.29, 0.717) is 31.0 Å². The fraction of sp³-hybridized carbons (Fsp3) is 0.500. The number of carbonyl (C=O) groups excluding carboxylic acids is 1. The van der Waals surface area contributed by atoms with Crippen molar-refractivity contribution in [2.45, 2.75) is 31.4 Å². The Hall–Kier alpha value is -1.92. The van der Waals surface area contributed by atoms with Crippen molar-refractivity contribution in [1.29, 1.82) is 0 Å². The molecule has 2 aliphatic rings. The summed E-state index contributed by atoms with van der Waals surface area (Å²) in [6.45, 7) is 1.31. The summed E-state index contributed by atoms with van der Waals surface area (Å²) in [7, 11) is 0. The van der Waals surface area contributed by atoms with Crippen molar-refractivity contribution in [2.24, 2.45) is 5.41 Å². The summed E-state index contributed by atoms with van der Waals surface area (Å²) in [5.41, 5.74) is 1.01. The van der Waals surface area contributed by atoms with Crippen molar-refractivity contribution in [1.82, 2.24) is 15.3 Å². The molecule has 116 valence electrons. The number of fused-ring (bicyclic) bond motifs is 1. The van der Waals surface area contributed by atoms with E-state index in [1.54, 1.807) is 6.20 Å². The van der Waals surface area contributed by atoms with Crippen molar-refractivity contribution >= 4 is 16.9 Å². The predicted octanol–water partition coefficient (Wildman–Crippen LogP) is 1.22. The van der Waals surface area contributed by atoms with Gasteiger partial charge in [-0.15, -0.1) is 0 Å². The predicted molar refractivity (Wildman–Crippen MR) is 80.5 cm³/mol. The first-order valence-corrected chi connectivity index (χ1v) is 7.69. The van der Waals surface area contributed by atoms with Crippen molar-refractivity contribution in [3.63, 3.8) is 0 Å². The molecule has 1 saturated carbocycles. The molecule has 2 fully saturated rings. The summed E-state index contributed by atoms with van der Waals surface area (Å²) in [4.78, 5) is 19.7. The zero-order valence-corrected chi connectivity index (χ0v) is 12.2. The van der Waals surface area contributed by atoms with Crippen LogP contribution in [-0.2, 0) is 4.74 Å². The Morgan fingerprint density at radius 1 is 1.45 bits per heavy atom. The minimum atomic E-state index is -0.342. The maximum atomic E-state index is 12.5. The van der Waals surface area contributed by atoms with E-state index in [-0.39, 0.29) is 23.5 Å². The van der Waals surface area contributed by atoms with E-state index in [2.05, 4.69) is 15.3 Å². The molecule has 6 nitrogen and oxygen atoms in total. The van der Waals surface area contributed by atoms with Crippen LogP contribution in [-0.4, -0.2) is 46.3 Å². The fourth-order valence-corrected chi connectivity index (χ4v) is 3.72. The van der Waals surface area contributed by atoms with Crippen LogP contribution in [0.25, 0.3) is 11.0 Å². The Morgan fingerprint density at radius 2 is 2.27 bits per heavy atom. The highest BCUT2D eigenvalue weighted by Gasteiger charge is 2.55. The second-order valence-corrected chi connectivity index (χ2v) is 6.25. The SMILES string of the molecule is O=C(N[C@@H]1C[C@@H](O)C12CCOCC2)c1cc2cccnc2[nH]1. The number of pyridine rings is 1. The van der Waals surface area contributed by atoms with Gasteiger partial charge in [-0.25, -0.2) is 4.98 Å². The Labute approximate surface area is 127 Å². The average Bonchev–Trinajstić information content (AvgIpc) is 2.99. The van der Waals surface area contributed by atoms with Crippen LogP contribution in [0.5, 0.6) is 0 Å². The summed E-state index contributed by atoms with van der Waals surface area (Å²) in [5, 5.41) is 14.2. The van der Waals surface area contributed by atoms with E-state index in [9.17, 15) is 9.90 Å². The highest BCUT2D eigenvalue weighted by Crippen LogP contribution is 2.49. The molecule has 2 atom stereocenters. The number of nitrogens with one attached hydrogen (secondary N) is 2. The molecular weight excluding hydrogens is 282 g/mol. The summed E-state index contributed by atoms with van der Waals surface area (Å²) in [6.07, 6.45) is 3.57. The number of aliphatic hydroxyl groups excluding tert-OH is 1. The highest BCUT2D eigenvalue weighted by molar-refractivity contribution is 5.97. The van der Waals surface area contributed by atoms with Gasteiger partial charge in [-0.3, -0.25) is 4.79 Å². The number of nitrogens with zero attached hydrogens (tertiary/aromatic N) is 1. The van der Waals surface area contributed by atoms with Crippen LogP contribution >= 0.6 is 0 Å². The minimum Gasteiger partial charge on any atom is -0.392 e. The quantitative estimate of drug-likeness (QED) is 0.778. The van der Waals surface area contributed by atoms with Crippen LogP contribution < -0.4 is 5.32 Å². The van der Waals surface area contributed by atoms with Gasteiger partial charge in [-0.1, -0.05) is 0 Å². The zero-order valence-electron chi connectivity index (χ0n) is 12.2. The molecule has 2 aromatic heterocycles. The molecule has 0 aromatic carbocycles. The molecule has 1 amide bonds. The number of amides is 1. The molecule has 1 aliphatic carbocycles. The largest absolute Gasteiger partial charge is 0.392 e. The lowest BCUT2D eigenvalue weighted by Gasteiger charge is -2.55. The van der Waals surface area contributed by atoms with Gasteiger partial charge in [-0.2, -0.15) is 0 Å². The Balaban J connectivity index is 1.52. The summed E-state index contributed by atoms with van der Waals surface area (Å²) >= 11 is 0. The number of hydrogen-bond donors (Lipinski definition) is 3. The lowest BCUT2D eigenvalue weighted by molar-refractivity contribution is -0.145. The first-order chi connectivity index (χ1) is 10.7. The van der Waals surface area contributed by atoms with Crippen molar-refractivity contribution < 1.29 is 14.6 Å². The second-order valence-electron chi connectivity index (χ2n) is 6.25. The number of H-pyrrole nitrogens is 1. The molecule has 3 heterocycles. The lowest BCUT2D eigenvalue weighted by Crippen LogP contribution is -2.65. The van der Waals surface area contributed by atoms with E-state index in [4.69, 9.17) is 4.74 Å². The van der Waals surface area contributed by atoms with E-state index < -0.39 is 0 Å². The van der Waals surface area contributed by atoms with Gasteiger partial charge in [0.05, 0.1) is 6.10 Å². The molecule has 3 N–H and O–H groups in total. The standard InChI is InChI=1S/C16H19N3O3/c20-13-9-12(16(13)3-6-22-7-4-16)19-15(21)11-8-10-2-1-5-17-14(10)18-11/h1-2,5,8,12-13,20H,3-4,6-7,9H2,(H,17,18)(H,19,21)/t12-,13-/m1/s1. The summed E-state index contributed by atoms with van der Waals surface area (Å²) in [6, 6.07) is 5.58. The van der Waals surface area contributed by atoms with Gasteiger partial charge < -0.3 is 20.1 Å². The molecule has 2 aromatic rings. The number of aromatic amines is 1. The third kappa shape index (κ3) is 2.02. The van der Waals surface area contributed by atoms with E-state index in [0.717, 1.165) is 18.2 Å². The number of hydrogen-bond acceptors (Lipinski definition) is 4. The van der Waals surface area contributed by atoms with Crippen LogP contribution in [0.15, 0.2) is 24.4 Å². The molecule has 0 radical (unpaired) electrons. The van der Waals surface area contributed by atoms with Gasteiger partial charge in [0.15, 0.2) is 0 Å². The molecule has 0 unspecified atom stereocenters. The smallest absolute Gasteiger partial charge is 0.268 e. The molecule has 1 spiro atoms. The lowest BCUT2D eigenvalue weighted by atomic mass is 9.58. The topological polar surface area (TPSA) is 87.2 Å². The van der Waals surface area contributed by atoms with Gasteiger partial charge in [0, 0.05) is 36.3 Å². The van der Waals surface area contributed by atoms with E-state index >= 15 is 0 Å². The summed E-state index contributed by atoms with van der Waals surface area (Å²) < 4.78 is 5.39. The van der Waals surface area contributed by atoms with Crippen molar-refractivity contribution in [3.8, 4) is 0 Å². The Morgan fingerprint density at radius 3 is 3.00 bits per heavy atom. The molecule has 6 heteroatoms. The van der Waals surface area contributed by atoms with Crippen LogP contribution in [0.1, 0.15) is 29.8 Å². The maximum absolute atomic E-state index is 12.5. The molecule has 4 rings (SSSR count). The van der Waals surface area contributed by atoms with Crippen LogP contribution in [0, 0.1) is 5.41 Å². The first kappa shape index (κ1) is 13.7. The Bertz CT molecular complexity index is 672. The second kappa shape index (κ2) is 5.07. The van der Waals surface area contributed by atoms with Gasteiger partial charge in [0.1, 0.15) is 11.3 Å². The average molecular weight is 301 g/mol. The monoisotopic (exact) mass is 301 g/mol. The molecule has 1 aliphatic heterocycles. The zero-order chi connectivity index (χ0) is 15.2. The molecular formula is C16H19N3O3. The summed E-state index contributed by atoms with van der Waals surface area (Å²) in [5.74, 6) is -0.138. The minimum absolute atomic E-state index is 0.0123. The highest BCUT2D eigenvalue weighted by atomic mass is 16.5. The third-order valence-electron chi connectivity index (χ3n) is 5.18. The molecule has 22 heavy (non-hydrogen) atoms. The molecule has 1 saturated heterocycles. The Kier molecular flexibility index (Phi) is 3.16. The number of aromatic nitrogens is 2. The third-order valence-corrected chi connectivity index (χ3v) is 5.18.